The maximum absolute atomic E-state index is 5.90. The molecule has 2 heterocycles. The van der Waals surface area contributed by atoms with Crippen LogP contribution >= 0.6 is 24.0 Å². The number of morpholine rings is 1. The highest BCUT2D eigenvalue weighted by Gasteiger charge is 2.21. The molecule has 2 N–H and O–H groups in total. The Hall–Kier alpha value is -0.870. The van der Waals surface area contributed by atoms with E-state index in [1.165, 1.54) is 0 Å². The number of nitrogens with one attached hydrogen (secondary N) is 2. The van der Waals surface area contributed by atoms with Crippen molar-refractivity contribution in [2.24, 2.45) is 10.9 Å². The van der Waals surface area contributed by atoms with Crippen LogP contribution in [0.1, 0.15) is 44.7 Å². The molecule has 8 heteroatoms. The Labute approximate surface area is 180 Å². The van der Waals surface area contributed by atoms with Gasteiger partial charge in [0.05, 0.1) is 18.4 Å². The van der Waals surface area contributed by atoms with Crippen LogP contribution in [0.5, 0.6) is 0 Å². The Morgan fingerprint density at radius 2 is 2.07 bits per heavy atom. The molecule has 2 rings (SSSR count). The molecule has 1 aromatic heterocycles. The van der Waals surface area contributed by atoms with Crippen LogP contribution in [0.25, 0.3) is 0 Å². The fourth-order valence-electron chi connectivity index (χ4n) is 3.33. The minimum atomic E-state index is 0. The molecule has 156 valence electrons. The number of hydrogen-bond acceptors (Lipinski definition) is 5. The second kappa shape index (κ2) is 12.6. The first-order valence-electron chi connectivity index (χ1n) is 9.82. The third kappa shape index (κ3) is 7.57. The van der Waals surface area contributed by atoms with E-state index in [-0.39, 0.29) is 30.1 Å². The number of rotatable bonds is 8. The highest BCUT2D eigenvalue weighted by atomic mass is 127. The van der Waals surface area contributed by atoms with E-state index in [0.717, 1.165) is 68.6 Å². The summed E-state index contributed by atoms with van der Waals surface area (Å²) < 4.78 is 11.3. The lowest BCUT2D eigenvalue weighted by molar-refractivity contribution is -0.0284. The number of hydrogen-bond donors (Lipinski definition) is 2. The summed E-state index contributed by atoms with van der Waals surface area (Å²) in [6.45, 7) is 14.0. The molecule has 1 unspecified atom stereocenters. The van der Waals surface area contributed by atoms with Crippen molar-refractivity contribution < 1.29 is 9.26 Å². The van der Waals surface area contributed by atoms with E-state index >= 15 is 0 Å². The van der Waals surface area contributed by atoms with E-state index in [1.807, 2.05) is 0 Å². The molecular weight excluding hydrogens is 457 g/mol. The van der Waals surface area contributed by atoms with Crippen LogP contribution in [0.3, 0.4) is 0 Å². The van der Waals surface area contributed by atoms with Gasteiger partial charge in [0.15, 0.2) is 5.96 Å². The molecular formula is C19H36IN5O2. The van der Waals surface area contributed by atoms with Crippen molar-refractivity contribution in [3.63, 3.8) is 0 Å². The number of aromatic nitrogens is 1. The van der Waals surface area contributed by atoms with Crippen molar-refractivity contribution in [1.29, 1.82) is 0 Å². The van der Waals surface area contributed by atoms with Gasteiger partial charge >= 0.3 is 0 Å². The van der Waals surface area contributed by atoms with E-state index < -0.39 is 0 Å². The van der Waals surface area contributed by atoms with E-state index in [1.54, 1.807) is 7.05 Å². The lowest BCUT2D eigenvalue weighted by Gasteiger charge is -2.34. The summed E-state index contributed by atoms with van der Waals surface area (Å²) >= 11 is 0. The standard InChI is InChI=1S/C19H35N5O2.HI/c1-6-17-16(18(7-2)26-23-17)11-22-19(20-5)21-10-15-13-24(8-9-25-15)12-14(3)4;/h14-15H,6-13H2,1-5H3,(H2,20,21,22);1H. The van der Waals surface area contributed by atoms with Gasteiger partial charge in [0.25, 0.3) is 0 Å². The van der Waals surface area contributed by atoms with E-state index in [0.29, 0.717) is 12.5 Å². The molecule has 0 spiro atoms. The summed E-state index contributed by atoms with van der Waals surface area (Å²) in [5.41, 5.74) is 2.17. The highest BCUT2D eigenvalue weighted by molar-refractivity contribution is 14.0. The second-order valence-corrected chi connectivity index (χ2v) is 7.19. The predicted molar refractivity (Wildman–Crippen MR) is 120 cm³/mol. The summed E-state index contributed by atoms with van der Waals surface area (Å²) in [7, 11) is 1.79. The number of ether oxygens (including phenoxy) is 1. The zero-order valence-electron chi connectivity index (χ0n) is 17.4. The Balaban J connectivity index is 0.00000364. The van der Waals surface area contributed by atoms with Crippen LogP contribution in [0.2, 0.25) is 0 Å². The number of nitrogens with zero attached hydrogens (tertiary/aromatic N) is 3. The number of aliphatic imine (C=N–C) groups is 1. The zero-order valence-corrected chi connectivity index (χ0v) is 19.7. The fourth-order valence-corrected chi connectivity index (χ4v) is 3.33. The lowest BCUT2D eigenvalue weighted by atomic mass is 10.1. The van der Waals surface area contributed by atoms with Crippen molar-refractivity contribution in [3.05, 3.63) is 17.0 Å². The first-order valence-corrected chi connectivity index (χ1v) is 9.82. The van der Waals surface area contributed by atoms with E-state index in [9.17, 15) is 0 Å². The minimum Gasteiger partial charge on any atom is -0.374 e. The van der Waals surface area contributed by atoms with Crippen LogP contribution < -0.4 is 10.6 Å². The normalized spacial score (nSPS) is 18.4. The topological polar surface area (TPSA) is 74.9 Å². The fraction of sp³-hybridized carbons (Fsp3) is 0.789. The Kier molecular flexibility index (Phi) is 11.2. The van der Waals surface area contributed by atoms with Gasteiger partial charge in [-0.15, -0.1) is 24.0 Å². The van der Waals surface area contributed by atoms with Crippen LogP contribution in [-0.4, -0.2) is 62.0 Å². The highest BCUT2D eigenvalue weighted by Crippen LogP contribution is 2.15. The Bertz CT molecular complexity index is 555. The van der Waals surface area contributed by atoms with Gasteiger partial charge in [-0.05, 0) is 12.3 Å². The monoisotopic (exact) mass is 493 g/mol. The summed E-state index contributed by atoms with van der Waals surface area (Å²) in [6, 6.07) is 0. The minimum absolute atomic E-state index is 0. The maximum atomic E-state index is 5.90. The van der Waals surface area contributed by atoms with Crippen molar-refractivity contribution in [1.82, 2.24) is 20.7 Å². The molecule has 1 atom stereocenters. The van der Waals surface area contributed by atoms with Crippen molar-refractivity contribution in [3.8, 4) is 0 Å². The predicted octanol–water partition coefficient (Wildman–Crippen LogP) is 2.44. The van der Waals surface area contributed by atoms with Crippen molar-refractivity contribution in [2.75, 3.05) is 39.8 Å². The van der Waals surface area contributed by atoms with E-state index in [4.69, 9.17) is 9.26 Å². The Morgan fingerprint density at radius 1 is 1.30 bits per heavy atom. The molecule has 0 saturated carbocycles. The number of guanidine groups is 1. The van der Waals surface area contributed by atoms with Crippen LogP contribution in [0.15, 0.2) is 9.52 Å². The molecule has 7 nitrogen and oxygen atoms in total. The van der Waals surface area contributed by atoms with Crippen LogP contribution in [-0.2, 0) is 24.1 Å². The molecule has 0 bridgehead atoms. The first-order chi connectivity index (χ1) is 12.6. The molecule has 1 fully saturated rings. The van der Waals surface area contributed by atoms with Crippen LogP contribution in [0.4, 0.5) is 0 Å². The first kappa shape index (κ1) is 24.2. The zero-order chi connectivity index (χ0) is 18.9. The van der Waals surface area contributed by atoms with Gasteiger partial charge in [-0.1, -0.05) is 32.9 Å². The summed E-state index contributed by atoms with van der Waals surface area (Å²) in [5, 5.41) is 10.9. The largest absolute Gasteiger partial charge is 0.374 e. The molecule has 1 aromatic rings. The van der Waals surface area contributed by atoms with E-state index in [2.05, 4.69) is 53.4 Å². The Morgan fingerprint density at radius 3 is 2.70 bits per heavy atom. The van der Waals surface area contributed by atoms with Gasteiger partial charge in [0.1, 0.15) is 5.76 Å². The molecule has 1 aliphatic heterocycles. The SMILES string of the molecule is CCc1noc(CC)c1CNC(=NC)NCC1CN(CC(C)C)CCO1.I. The number of halogens is 1. The third-order valence-corrected chi connectivity index (χ3v) is 4.61. The lowest BCUT2D eigenvalue weighted by Crippen LogP contribution is -2.50. The average molecular weight is 493 g/mol. The van der Waals surface area contributed by atoms with Gasteiger partial charge in [0.2, 0.25) is 0 Å². The molecule has 0 aromatic carbocycles. The molecule has 27 heavy (non-hydrogen) atoms. The van der Waals surface area contributed by atoms with Gasteiger partial charge in [-0.25, -0.2) is 0 Å². The number of aryl methyl sites for hydroxylation is 2. The van der Waals surface area contributed by atoms with Crippen LogP contribution in [0, 0.1) is 5.92 Å². The average Bonchev–Trinajstić information content (AvgIpc) is 3.03. The third-order valence-electron chi connectivity index (χ3n) is 4.61. The van der Waals surface area contributed by atoms with Crippen molar-refractivity contribution in [2.45, 2.75) is 53.2 Å². The quantitative estimate of drug-likeness (QED) is 0.329. The molecule has 1 saturated heterocycles. The summed E-state index contributed by atoms with van der Waals surface area (Å²) in [5.74, 6) is 2.41. The summed E-state index contributed by atoms with van der Waals surface area (Å²) in [4.78, 5) is 6.81. The van der Waals surface area contributed by atoms with Gasteiger partial charge in [-0.2, -0.15) is 0 Å². The molecule has 0 amide bonds. The summed E-state index contributed by atoms with van der Waals surface area (Å²) in [6.07, 6.45) is 1.90. The molecule has 1 aliphatic rings. The second-order valence-electron chi connectivity index (χ2n) is 7.19. The molecule has 0 aliphatic carbocycles. The molecule has 0 radical (unpaired) electrons. The van der Waals surface area contributed by atoms with Gasteiger partial charge in [0, 0.05) is 51.8 Å². The van der Waals surface area contributed by atoms with Crippen molar-refractivity contribution >= 4 is 29.9 Å². The van der Waals surface area contributed by atoms with Gasteiger partial charge in [-0.3, -0.25) is 9.89 Å². The smallest absolute Gasteiger partial charge is 0.191 e. The maximum Gasteiger partial charge on any atom is 0.191 e. The van der Waals surface area contributed by atoms with Gasteiger partial charge < -0.3 is 19.9 Å².